The Hall–Kier alpha value is -1.88. The highest BCUT2D eigenvalue weighted by Gasteiger charge is 2.41. The van der Waals surface area contributed by atoms with Gasteiger partial charge in [0.1, 0.15) is 6.04 Å². The molecule has 152 valence electrons. The molecule has 9 nitrogen and oxygen atoms in total. The number of nitrogens with one attached hydrogen (secondary N) is 2. The van der Waals surface area contributed by atoms with Crippen LogP contribution < -0.4 is 19.5 Å². The smallest absolute Gasteiger partial charge is 0.280 e. The molecule has 0 bridgehead atoms. The zero-order valence-electron chi connectivity index (χ0n) is 16.1. The van der Waals surface area contributed by atoms with Gasteiger partial charge in [-0.25, -0.2) is 0 Å². The fraction of sp³-hybridized carbons (Fsp3) is 0.588. The molecule has 10 heteroatoms. The minimum atomic E-state index is -3.86. The van der Waals surface area contributed by atoms with E-state index in [2.05, 4.69) is 10.0 Å². The van der Waals surface area contributed by atoms with Crippen molar-refractivity contribution in [2.75, 3.05) is 27.9 Å². The first-order valence-electron chi connectivity index (χ1n) is 8.44. The lowest BCUT2D eigenvalue weighted by Crippen LogP contribution is -2.60. The largest absolute Gasteiger partial charge is 0.493 e. The second-order valence-corrected chi connectivity index (χ2v) is 8.85. The van der Waals surface area contributed by atoms with Crippen LogP contribution in [-0.4, -0.2) is 63.2 Å². The third kappa shape index (κ3) is 4.70. The van der Waals surface area contributed by atoms with Crippen LogP contribution in [0.25, 0.3) is 0 Å². The summed E-state index contributed by atoms with van der Waals surface area (Å²) in [4.78, 5) is 12.7. The molecule has 2 rings (SSSR count). The van der Waals surface area contributed by atoms with E-state index in [0.29, 0.717) is 17.1 Å². The average molecular weight is 401 g/mol. The predicted molar refractivity (Wildman–Crippen MR) is 99.8 cm³/mol. The molecule has 1 amide bonds. The minimum Gasteiger partial charge on any atom is -0.493 e. The number of carbonyl (C=O) groups excluding carboxylic acids is 1. The molecule has 0 spiro atoms. The number of carbonyl (C=O) groups is 1. The molecule has 3 N–H and O–H groups in total. The molecule has 0 saturated carbocycles. The summed E-state index contributed by atoms with van der Waals surface area (Å²) in [5.41, 5.74) is -0.200. The quantitative estimate of drug-likeness (QED) is 0.626. The maximum atomic E-state index is 12.7. The van der Waals surface area contributed by atoms with Crippen molar-refractivity contribution in [3.05, 3.63) is 23.8 Å². The van der Waals surface area contributed by atoms with Gasteiger partial charge in [0.25, 0.3) is 10.2 Å². The number of aliphatic hydroxyl groups excluding tert-OH is 1. The van der Waals surface area contributed by atoms with Gasteiger partial charge in [-0.1, -0.05) is 6.07 Å². The van der Waals surface area contributed by atoms with Crippen LogP contribution >= 0.6 is 0 Å². The number of hydrogen-bond donors (Lipinski definition) is 3. The van der Waals surface area contributed by atoms with Crippen molar-refractivity contribution in [3.8, 4) is 11.5 Å². The van der Waals surface area contributed by atoms with Gasteiger partial charge in [0.15, 0.2) is 11.5 Å². The molecule has 1 saturated heterocycles. The minimum absolute atomic E-state index is 0.221. The Morgan fingerprint density at radius 2 is 1.96 bits per heavy atom. The van der Waals surface area contributed by atoms with E-state index in [9.17, 15) is 18.3 Å². The second-order valence-electron chi connectivity index (χ2n) is 7.09. The molecule has 0 radical (unpaired) electrons. The van der Waals surface area contributed by atoms with Crippen molar-refractivity contribution in [1.29, 1.82) is 0 Å². The van der Waals surface area contributed by atoms with Crippen molar-refractivity contribution < 1.29 is 27.8 Å². The number of ether oxygens (including phenoxy) is 2. The number of amides is 1. The third-order valence-corrected chi connectivity index (χ3v) is 6.13. The van der Waals surface area contributed by atoms with Crippen molar-refractivity contribution in [3.63, 3.8) is 0 Å². The lowest BCUT2D eigenvalue weighted by Gasteiger charge is -2.38. The summed E-state index contributed by atoms with van der Waals surface area (Å²) < 4.78 is 39.1. The molecule has 1 aromatic carbocycles. The van der Waals surface area contributed by atoms with Crippen LogP contribution in [0.5, 0.6) is 11.5 Å². The Morgan fingerprint density at radius 1 is 1.33 bits per heavy atom. The fourth-order valence-electron chi connectivity index (χ4n) is 2.85. The van der Waals surface area contributed by atoms with Gasteiger partial charge in [-0.3, -0.25) is 4.79 Å². The van der Waals surface area contributed by atoms with Gasteiger partial charge in [0, 0.05) is 7.05 Å². The molecule has 0 aromatic heterocycles. The first kappa shape index (κ1) is 21.4. The Balaban J connectivity index is 2.33. The third-order valence-electron chi connectivity index (χ3n) is 4.54. The normalized spacial score (nSPS) is 22.9. The van der Waals surface area contributed by atoms with Crippen molar-refractivity contribution in [1.82, 2.24) is 14.3 Å². The molecule has 0 unspecified atom stereocenters. The average Bonchev–Trinajstić information content (AvgIpc) is 2.62. The van der Waals surface area contributed by atoms with Crippen molar-refractivity contribution in [2.45, 2.75) is 37.9 Å². The summed E-state index contributed by atoms with van der Waals surface area (Å²) in [7, 11) is 0.495. The molecular formula is C17H27N3O6S. The predicted octanol–water partition coefficient (Wildman–Crippen LogP) is 0.171. The van der Waals surface area contributed by atoms with Crippen LogP contribution in [0.4, 0.5) is 0 Å². The van der Waals surface area contributed by atoms with E-state index in [1.54, 1.807) is 32.0 Å². The summed E-state index contributed by atoms with van der Waals surface area (Å²) in [6, 6.07) is 3.57. The van der Waals surface area contributed by atoms with E-state index in [4.69, 9.17) is 9.47 Å². The zero-order valence-corrected chi connectivity index (χ0v) is 17.0. The summed E-state index contributed by atoms with van der Waals surface area (Å²) in [5, 5.41) is 12.1. The highest BCUT2D eigenvalue weighted by Crippen LogP contribution is 2.34. The Kier molecular flexibility index (Phi) is 6.35. The molecule has 0 aliphatic carbocycles. The number of nitrogens with zero attached hydrogens (tertiary/aromatic N) is 1. The fourth-order valence-corrected chi connectivity index (χ4v) is 4.13. The second kappa shape index (κ2) is 8.01. The van der Waals surface area contributed by atoms with Crippen LogP contribution in [0.3, 0.4) is 0 Å². The van der Waals surface area contributed by atoms with Gasteiger partial charge >= 0.3 is 0 Å². The summed E-state index contributed by atoms with van der Waals surface area (Å²) in [5.74, 6) is 0.527. The number of hydrogen-bond acceptors (Lipinski definition) is 6. The zero-order chi connectivity index (χ0) is 20.4. The lowest BCUT2D eigenvalue weighted by molar-refractivity contribution is -0.127. The highest BCUT2D eigenvalue weighted by molar-refractivity contribution is 7.87. The topological polar surface area (TPSA) is 117 Å². The number of aliphatic hydroxyl groups is 1. The maximum Gasteiger partial charge on any atom is 0.280 e. The monoisotopic (exact) mass is 401 g/mol. The van der Waals surface area contributed by atoms with E-state index in [0.717, 1.165) is 4.31 Å². The van der Waals surface area contributed by atoms with Gasteiger partial charge in [-0.2, -0.15) is 17.4 Å². The van der Waals surface area contributed by atoms with E-state index in [-0.39, 0.29) is 13.0 Å². The van der Waals surface area contributed by atoms with Gasteiger partial charge < -0.3 is 19.9 Å². The standard InChI is InChI=1S/C17H27N3O6S/c1-17(2,10-21)18-16(22)13-9-12(19-27(23,24)20(13)3)11-6-7-14(25-4)15(8-11)26-5/h6-8,12-13,19,21H,9-10H2,1-5H3,(H,18,22)/t12-,13+/m0/s1. The number of rotatable bonds is 6. The van der Waals surface area contributed by atoms with Gasteiger partial charge in [0.05, 0.1) is 32.4 Å². The summed E-state index contributed by atoms with van der Waals surface area (Å²) in [6.07, 6.45) is 0.221. The molecular weight excluding hydrogens is 374 g/mol. The van der Waals surface area contributed by atoms with Crippen molar-refractivity contribution in [2.24, 2.45) is 0 Å². The Labute approximate surface area is 159 Å². The molecule has 27 heavy (non-hydrogen) atoms. The highest BCUT2D eigenvalue weighted by atomic mass is 32.2. The van der Waals surface area contributed by atoms with Crippen LogP contribution in [-0.2, 0) is 15.0 Å². The van der Waals surface area contributed by atoms with E-state index < -0.39 is 33.7 Å². The lowest BCUT2D eigenvalue weighted by atomic mass is 9.98. The van der Waals surface area contributed by atoms with Gasteiger partial charge in [0.2, 0.25) is 5.91 Å². The number of methoxy groups -OCH3 is 2. The van der Waals surface area contributed by atoms with Crippen LogP contribution in [0.15, 0.2) is 18.2 Å². The maximum absolute atomic E-state index is 12.7. The number of likely N-dealkylation sites (N-methyl/N-ethyl adjacent to an activating group) is 1. The first-order chi connectivity index (χ1) is 12.5. The molecule has 1 aromatic rings. The first-order valence-corrected chi connectivity index (χ1v) is 9.88. The molecule has 1 aliphatic rings. The van der Waals surface area contributed by atoms with E-state index in [1.165, 1.54) is 21.3 Å². The van der Waals surface area contributed by atoms with Crippen LogP contribution in [0.1, 0.15) is 31.9 Å². The summed E-state index contributed by atoms with van der Waals surface area (Å²) >= 11 is 0. The number of benzene rings is 1. The SMILES string of the molecule is COc1ccc([C@@H]2C[C@H](C(=O)NC(C)(C)CO)N(C)S(=O)(=O)N2)cc1OC. The Bertz CT molecular complexity index is 796. The molecule has 2 atom stereocenters. The van der Waals surface area contributed by atoms with Crippen LogP contribution in [0, 0.1) is 0 Å². The van der Waals surface area contributed by atoms with Gasteiger partial charge in [-0.05, 0) is 38.0 Å². The summed E-state index contributed by atoms with van der Waals surface area (Å²) in [6.45, 7) is 3.05. The van der Waals surface area contributed by atoms with E-state index >= 15 is 0 Å². The van der Waals surface area contributed by atoms with Crippen molar-refractivity contribution >= 4 is 16.1 Å². The Morgan fingerprint density at radius 3 is 2.52 bits per heavy atom. The van der Waals surface area contributed by atoms with Crippen LogP contribution in [0.2, 0.25) is 0 Å². The molecule has 1 heterocycles. The van der Waals surface area contributed by atoms with E-state index in [1.807, 2.05) is 0 Å². The molecule has 1 aliphatic heterocycles. The molecule has 1 fully saturated rings. The van der Waals surface area contributed by atoms with Gasteiger partial charge in [-0.15, -0.1) is 0 Å².